The summed E-state index contributed by atoms with van der Waals surface area (Å²) in [5.41, 5.74) is 1.03. The minimum atomic E-state index is -4.71. The molecule has 0 saturated heterocycles. The maximum atomic E-state index is 14.5. The number of H-pyrrole nitrogens is 1. The number of benzene rings is 2. The summed E-state index contributed by atoms with van der Waals surface area (Å²) in [7, 11) is 0. The fourth-order valence-corrected chi connectivity index (χ4v) is 3.83. The molecule has 9 nitrogen and oxygen atoms in total. The van der Waals surface area contributed by atoms with Crippen LogP contribution in [-0.4, -0.2) is 31.0 Å². The van der Waals surface area contributed by atoms with Gasteiger partial charge in [-0.3, -0.25) is 0 Å². The van der Waals surface area contributed by atoms with Crippen LogP contribution >= 0.6 is 11.6 Å². The van der Waals surface area contributed by atoms with Crippen LogP contribution in [-0.2, 0) is 6.18 Å². The lowest BCUT2D eigenvalue weighted by atomic mass is 10.1. The monoisotopic (exact) mass is 542 g/mol. The molecule has 0 fully saturated rings. The first-order chi connectivity index (χ1) is 18.2. The minimum Gasteiger partial charge on any atom is -0.341 e. The molecule has 0 atom stereocenters. The molecule has 4 N–H and O–H groups in total. The number of aromatic nitrogens is 5. The topological polar surface area (TPSA) is 121 Å². The van der Waals surface area contributed by atoms with E-state index in [-0.39, 0.29) is 11.4 Å². The van der Waals surface area contributed by atoms with Gasteiger partial charge in [-0.05, 0) is 48.5 Å². The molecule has 192 valence electrons. The molecule has 2 amide bonds. The summed E-state index contributed by atoms with van der Waals surface area (Å²) in [6, 6.07) is 9.26. The van der Waals surface area contributed by atoms with E-state index in [1.165, 1.54) is 30.9 Å². The predicted molar refractivity (Wildman–Crippen MR) is 134 cm³/mol. The maximum absolute atomic E-state index is 14.5. The summed E-state index contributed by atoms with van der Waals surface area (Å²) in [4.78, 5) is 32.3. The van der Waals surface area contributed by atoms with E-state index >= 15 is 0 Å². The number of imidazole rings is 1. The summed E-state index contributed by atoms with van der Waals surface area (Å²) in [6.07, 6.45) is -0.305. The lowest BCUT2D eigenvalue weighted by Gasteiger charge is -2.14. The molecule has 0 bridgehead atoms. The first-order valence-corrected chi connectivity index (χ1v) is 11.2. The molecular formula is C24H15ClF4N8O. The second-order valence-corrected chi connectivity index (χ2v) is 8.22. The molecule has 14 heteroatoms. The van der Waals surface area contributed by atoms with E-state index in [2.05, 4.69) is 40.9 Å². The number of hydrogen-bond acceptors (Lipinski definition) is 6. The smallest absolute Gasteiger partial charge is 0.341 e. The Morgan fingerprint density at radius 3 is 2.58 bits per heavy atom. The molecule has 5 aromatic rings. The Hall–Kier alpha value is -4.78. The molecule has 0 saturated carbocycles. The largest absolute Gasteiger partial charge is 0.417 e. The predicted octanol–water partition coefficient (Wildman–Crippen LogP) is 6.61. The number of aromatic amines is 1. The van der Waals surface area contributed by atoms with Crippen molar-refractivity contribution in [2.45, 2.75) is 6.18 Å². The molecule has 0 radical (unpaired) electrons. The highest BCUT2D eigenvalue weighted by atomic mass is 35.5. The lowest BCUT2D eigenvalue weighted by Crippen LogP contribution is -2.20. The molecule has 0 aliphatic carbocycles. The molecule has 0 aliphatic heterocycles. The van der Waals surface area contributed by atoms with E-state index < -0.39 is 28.6 Å². The van der Waals surface area contributed by atoms with Crippen molar-refractivity contribution in [2.75, 3.05) is 16.0 Å². The maximum Gasteiger partial charge on any atom is 0.417 e. The highest BCUT2D eigenvalue weighted by Gasteiger charge is 2.33. The lowest BCUT2D eigenvalue weighted by molar-refractivity contribution is -0.137. The number of anilines is 4. The molecule has 3 heterocycles. The Kier molecular flexibility index (Phi) is 6.51. The number of rotatable bonds is 5. The van der Waals surface area contributed by atoms with Gasteiger partial charge in [0.05, 0.1) is 22.6 Å². The number of carbonyl (C=O) groups excluding carboxylic acids is 1. The highest BCUT2D eigenvalue weighted by molar-refractivity contribution is 6.31. The van der Waals surface area contributed by atoms with Crippen molar-refractivity contribution in [2.24, 2.45) is 0 Å². The number of fused-ring (bicyclic) bond motifs is 1. The van der Waals surface area contributed by atoms with Crippen LogP contribution in [0, 0.1) is 5.82 Å². The quantitative estimate of drug-likeness (QED) is 0.185. The van der Waals surface area contributed by atoms with E-state index in [9.17, 15) is 22.4 Å². The van der Waals surface area contributed by atoms with Gasteiger partial charge in [-0.15, -0.1) is 0 Å². The SMILES string of the molecule is O=C(Nc1ccc(Cl)c(C(F)(F)F)c1)Nc1cc(Nc2ncccc2-c2ncnc3nc[nH]c23)ccc1F. The van der Waals surface area contributed by atoms with Gasteiger partial charge in [-0.2, -0.15) is 13.2 Å². The van der Waals surface area contributed by atoms with Gasteiger partial charge in [0.15, 0.2) is 5.65 Å². The third-order valence-electron chi connectivity index (χ3n) is 5.29. The van der Waals surface area contributed by atoms with Crippen molar-refractivity contribution in [1.29, 1.82) is 0 Å². The van der Waals surface area contributed by atoms with Crippen LogP contribution < -0.4 is 16.0 Å². The molecule has 5 rings (SSSR count). The zero-order chi connectivity index (χ0) is 26.9. The molecule has 0 spiro atoms. The molecule has 0 aliphatic rings. The normalized spacial score (nSPS) is 11.4. The third-order valence-corrected chi connectivity index (χ3v) is 5.62. The average molecular weight is 543 g/mol. The molecule has 38 heavy (non-hydrogen) atoms. The van der Waals surface area contributed by atoms with Gasteiger partial charge in [-0.1, -0.05) is 11.6 Å². The molecule has 0 unspecified atom stereocenters. The van der Waals surface area contributed by atoms with Crippen LogP contribution in [0.1, 0.15) is 5.56 Å². The Morgan fingerprint density at radius 2 is 1.76 bits per heavy atom. The van der Waals surface area contributed by atoms with Crippen LogP contribution in [0.25, 0.3) is 22.4 Å². The van der Waals surface area contributed by atoms with E-state index in [4.69, 9.17) is 11.6 Å². The molecular weight excluding hydrogens is 528 g/mol. The van der Waals surface area contributed by atoms with Crippen molar-refractivity contribution in [3.63, 3.8) is 0 Å². The van der Waals surface area contributed by atoms with Crippen LogP contribution in [0.3, 0.4) is 0 Å². The highest BCUT2D eigenvalue weighted by Crippen LogP contribution is 2.36. The van der Waals surface area contributed by atoms with Crippen LogP contribution in [0.15, 0.2) is 67.4 Å². The molecule has 2 aromatic carbocycles. The van der Waals surface area contributed by atoms with Gasteiger partial charge < -0.3 is 20.9 Å². The Balaban J connectivity index is 1.37. The Bertz CT molecular complexity index is 1660. The fourth-order valence-electron chi connectivity index (χ4n) is 3.61. The van der Waals surface area contributed by atoms with Gasteiger partial charge in [-0.25, -0.2) is 29.1 Å². The number of pyridine rings is 1. The minimum absolute atomic E-state index is 0.179. The van der Waals surface area contributed by atoms with Crippen molar-refractivity contribution in [3.05, 3.63) is 83.8 Å². The second-order valence-electron chi connectivity index (χ2n) is 7.81. The van der Waals surface area contributed by atoms with Crippen molar-refractivity contribution in [1.82, 2.24) is 24.9 Å². The number of hydrogen-bond donors (Lipinski definition) is 4. The summed E-state index contributed by atoms with van der Waals surface area (Å²) < 4.78 is 53.8. The number of alkyl halides is 3. The number of amides is 2. The first-order valence-electron chi connectivity index (χ1n) is 10.8. The van der Waals surface area contributed by atoms with Gasteiger partial charge >= 0.3 is 12.2 Å². The third kappa shape index (κ3) is 5.18. The zero-order valence-corrected chi connectivity index (χ0v) is 19.7. The molecule has 3 aromatic heterocycles. The fraction of sp³-hybridized carbons (Fsp3) is 0.0417. The summed E-state index contributed by atoms with van der Waals surface area (Å²) in [6.45, 7) is 0. The van der Waals surface area contributed by atoms with Crippen LogP contribution in [0.4, 0.5) is 45.2 Å². The van der Waals surface area contributed by atoms with E-state index in [1.54, 1.807) is 18.3 Å². The van der Waals surface area contributed by atoms with Crippen molar-refractivity contribution < 1.29 is 22.4 Å². The number of halogens is 5. The summed E-state index contributed by atoms with van der Waals surface area (Å²) in [5, 5.41) is 7.08. The van der Waals surface area contributed by atoms with Gasteiger partial charge in [0.1, 0.15) is 29.2 Å². The average Bonchev–Trinajstić information content (AvgIpc) is 3.36. The zero-order valence-electron chi connectivity index (χ0n) is 18.9. The standard InChI is InChI=1S/C24H15ClF4N8O/c25-16-5-3-12(8-15(16)24(27,28)29)36-23(38)37-18-9-13(4-6-17(18)26)35-21-14(2-1-7-30-21)19-20-22(33-10-31-19)34-11-32-20/h1-11H,(H,30,35)(H2,36,37,38)(H,31,32,33,34). The Morgan fingerprint density at radius 1 is 0.947 bits per heavy atom. The summed E-state index contributed by atoms with van der Waals surface area (Å²) in [5.74, 6) is -0.390. The number of nitrogens with one attached hydrogen (secondary N) is 4. The van der Waals surface area contributed by atoms with Crippen molar-refractivity contribution >= 4 is 51.7 Å². The first kappa shape index (κ1) is 24.9. The van der Waals surface area contributed by atoms with Gasteiger partial charge in [0, 0.05) is 23.1 Å². The van der Waals surface area contributed by atoms with Gasteiger partial charge in [0.2, 0.25) is 0 Å². The van der Waals surface area contributed by atoms with E-state index in [0.717, 1.165) is 12.1 Å². The number of nitrogens with zero attached hydrogens (tertiary/aromatic N) is 4. The van der Waals surface area contributed by atoms with Gasteiger partial charge in [0.25, 0.3) is 0 Å². The number of carbonyl (C=O) groups is 1. The Labute approximate surface area is 216 Å². The second kappa shape index (κ2) is 9.94. The van der Waals surface area contributed by atoms with Crippen molar-refractivity contribution in [3.8, 4) is 11.3 Å². The van der Waals surface area contributed by atoms with E-state index in [1.807, 2.05) is 0 Å². The van der Waals surface area contributed by atoms with E-state index in [0.29, 0.717) is 40.0 Å². The summed E-state index contributed by atoms with van der Waals surface area (Å²) >= 11 is 5.60. The van der Waals surface area contributed by atoms with Crippen LogP contribution in [0.5, 0.6) is 0 Å². The number of urea groups is 1. The van der Waals surface area contributed by atoms with Crippen LogP contribution in [0.2, 0.25) is 5.02 Å².